The van der Waals surface area contributed by atoms with Crippen LogP contribution in [0.4, 0.5) is 10.5 Å². The SMILES string of the molecule is O=C(Nc1cnn(-c2ccccn2)c1)N[C@@H]1CCO[C@H](C2CC2)C1. The lowest BCUT2D eigenvalue weighted by atomic mass is 10.0. The summed E-state index contributed by atoms with van der Waals surface area (Å²) in [6.07, 6.45) is 9.68. The molecule has 2 N–H and O–H groups in total. The van der Waals surface area contributed by atoms with Crippen LogP contribution in [0.5, 0.6) is 0 Å². The van der Waals surface area contributed by atoms with Gasteiger partial charge in [-0.1, -0.05) is 6.07 Å². The molecule has 2 aromatic heterocycles. The molecule has 126 valence electrons. The van der Waals surface area contributed by atoms with Crippen molar-refractivity contribution in [2.24, 2.45) is 5.92 Å². The van der Waals surface area contributed by atoms with E-state index >= 15 is 0 Å². The van der Waals surface area contributed by atoms with Gasteiger partial charge in [0.05, 0.1) is 24.2 Å². The van der Waals surface area contributed by atoms with Crippen molar-refractivity contribution in [1.29, 1.82) is 0 Å². The largest absolute Gasteiger partial charge is 0.378 e. The van der Waals surface area contributed by atoms with Crippen molar-refractivity contribution < 1.29 is 9.53 Å². The number of anilines is 1. The number of ether oxygens (including phenoxy) is 1. The highest BCUT2D eigenvalue weighted by Gasteiger charge is 2.36. The van der Waals surface area contributed by atoms with Gasteiger partial charge in [-0.15, -0.1) is 0 Å². The van der Waals surface area contributed by atoms with E-state index in [1.54, 1.807) is 23.3 Å². The molecule has 2 fully saturated rings. The minimum atomic E-state index is -0.197. The Hall–Kier alpha value is -2.41. The standard InChI is InChI=1S/C17H21N5O2/c23-17(20-13-6-8-24-15(9-13)12-4-5-12)21-14-10-19-22(11-14)16-3-1-2-7-18-16/h1-3,7,10-13,15H,4-6,8-9H2,(H2,20,21,23)/t13-,15+/m1/s1. The monoisotopic (exact) mass is 327 g/mol. The first kappa shape index (κ1) is 15.1. The number of carbonyl (C=O) groups is 1. The predicted octanol–water partition coefficient (Wildman–Crippen LogP) is 2.35. The van der Waals surface area contributed by atoms with Crippen molar-refractivity contribution in [3.8, 4) is 5.82 Å². The van der Waals surface area contributed by atoms with Crippen LogP contribution in [0, 0.1) is 5.92 Å². The second-order valence-electron chi connectivity index (χ2n) is 6.43. The van der Waals surface area contributed by atoms with Gasteiger partial charge in [0.15, 0.2) is 5.82 Å². The van der Waals surface area contributed by atoms with Gasteiger partial charge >= 0.3 is 6.03 Å². The van der Waals surface area contributed by atoms with Crippen LogP contribution in [0.3, 0.4) is 0 Å². The minimum Gasteiger partial charge on any atom is -0.378 e. The van der Waals surface area contributed by atoms with Crippen molar-refractivity contribution in [2.45, 2.75) is 37.8 Å². The molecule has 7 heteroatoms. The number of amides is 2. The third-order valence-electron chi connectivity index (χ3n) is 4.52. The van der Waals surface area contributed by atoms with Gasteiger partial charge in [0, 0.05) is 18.8 Å². The molecule has 0 unspecified atom stereocenters. The second-order valence-corrected chi connectivity index (χ2v) is 6.43. The van der Waals surface area contributed by atoms with Crippen LogP contribution in [0.2, 0.25) is 0 Å². The highest BCUT2D eigenvalue weighted by atomic mass is 16.5. The zero-order chi connectivity index (χ0) is 16.4. The van der Waals surface area contributed by atoms with E-state index < -0.39 is 0 Å². The summed E-state index contributed by atoms with van der Waals surface area (Å²) in [5, 5.41) is 10.1. The fourth-order valence-corrected chi connectivity index (χ4v) is 3.11. The number of nitrogens with one attached hydrogen (secondary N) is 2. The number of carbonyl (C=O) groups excluding carboxylic acids is 1. The van der Waals surface area contributed by atoms with E-state index in [1.165, 1.54) is 12.8 Å². The van der Waals surface area contributed by atoms with Gasteiger partial charge in [-0.2, -0.15) is 5.10 Å². The Morgan fingerprint density at radius 1 is 1.29 bits per heavy atom. The lowest BCUT2D eigenvalue weighted by molar-refractivity contribution is -0.00889. The van der Waals surface area contributed by atoms with Gasteiger partial charge in [-0.05, 0) is 43.7 Å². The molecule has 0 aromatic carbocycles. The maximum Gasteiger partial charge on any atom is 0.319 e. The van der Waals surface area contributed by atoms with E-state index in [1.807, 2.05) is 18.2 Å². The quantitative estimate of drug-likeness (QED) is 0.903. The molecule has 1 aliphatic carbocycles. The van der Waals surface area contributed by atoms with E-state index in [2.05, 4.69) is 20.7 Å². The van der Waals surface area contributed by atoms with E-state index in [0.29, 0.717) is 23.5 Å². The number of hydrogen-bond donors (Lipinski definition) is 2. The Morgan fingerprint density at radius 2 is 2.21 bits per heavy atom. The third-order valence-corrected chi connectivity index (χ3v) is 4.52. The third kappa shape index (κ3) is 3.56. The average Bonchev–Trinajstić information content (AvgIpc) is 3.36. The molecule has 2 aromatic rings. The molecule has 2 amide bonds. The number of hydrogen-bond acceptors (Lipinski definition) is 4. The zero-order valence-electron chi connectivity index (χ0n) is 13.4. The van der Waals surface area contributed by atoms with Crippen molar-refractivity contribution in [2.75, 3.05) is 11.9 Å². The number of aromatic nitrogens is 3. The van der Waals surface area contributed by atoms with Crippen molar-refractivity contribution in [3.05, 3.63) is 36.8 Å². The molecule has 2 atom stereocenters. The van der Waals surface area contributed by atoms with Crippen LogP contribution >= 0.6 is 0 Å². The normalized spacial score (nSPS) is 23.7. The first-order valence-corrected chi connectivity index (χ1v) is 8.43. The zero-order valence-corrected chi connectivity index (χ0v) is 13.4. The Balaban J connectivity index is 1.32. The summed E-state index contributed by atoms with van der Waals surface area (Å²) in [7, 11) is 0. The van der Waals surface area contributed by atoms with Gasteiger partial charge in [-0.3, -0.25) is 0 Å². The topological polar surface area (TPSA) is 81.1 Å². The average molecular weight is 327 g/mol. The molecule has 2 aliphatic rings. The number of urea groups is 1. The molecule has 1 saturated carbocycles. The summed E-state index contributed by atoms with van der Waals surface area (Å²) in [6, 6.07) is 5.58. The Labute approximate surface area is 140 Å². The van der Waals surface area contributed by atoms with Crippen LogP contribution < -0.4 is 10.6 Å². The van der Waals surface area contributed by atoms with E-state index in [9.17, 15) is 4.79 Å². The minimum absolute atomic E-state index is 0.176. The Kier molecular flexibility index (Phi) is 4.17. The number of rotatable bonds is 4. The van der Waals surface area contributed by atoms with Crippen molar-refractivity contribution in [1.82, 2.24) is 20.1 Å². The van der Waals surface area contributed by atoms with Gasteiger partial charge in [-0.25, -0.2) is 14.5 Å². The summed E-state index contributed by atoms with van der Waals surface area (Å²) < 4.78 is 7.42. The smallest absolute Gasteiger partial charge is 0.319 e. The molecular weight excluding hydrogens is 306 g/mol. The van der Waals surface area contributed by atoms with Crippen LogP contribution in [-0.2, 0) is 4.74 Å². The molecular formula is C17H21N5O2. The van der Waals surface area contributed by atoms with Crippen LogP contribution in [0.15, 0.2) is 36.8 Å². The fraction of sp³-hybridized carbons (Fsp3) is 0.471. The van der Waals surface area contributed by atoms with Crippen LogP contribution in [-0.4, -0.2) is 39.5 Å². The Morgan fingerprint density at radius 3 is 3.00 bits per heavy atom. The summed E-state index contributed by atoms with van der Waals surface area (Å²) in [5.41, 5.74) is 0.643. The molecule has 0 bridgehead atoms. The summed E-state index contributed by atoms with van der Waals surface area (Å²) >= 11 is 0. The number of pyridine rings is 1. The van der Waals surface area contributed by atoms with Crippen LogP contribution in [0.1, 0.15) is 25.7 Å². The Bertz CT molecular complexity index is 698. The highest BCUT2D eigenvalue weighted by Crippen LogP contribution is 2.38. The first-order valence-electron chi connectivity index (χ1n) is 8.43. The van der Waals surface area contributed by atoms with Gasteiger partial charge < -0.3 is 15.4 Å². The second kappa shape index (κ2) is 6.60. The summed E-state index contributed by atoms with van der Waals surface area (Å²) in [6.45, 7) is 0.726. The van der Waals surface area contributed by atoms with Gasteiger partial charge in [0.2, 0.25) is 0 Å². The molecule has 0 radical (unpaired) electrons. The maximum atomic E-state index is 12.2. The van der Waals surface area contributed by atoms with Crippen molar-refractivity contribution >= 4 is 11.7 Å². The molecule has 7 nitrogen and oxygen atoms in total. The van der Waals surface area contributed by atoms with Gasteiger partial charge in [0.25, 0.3) is 0 Å². The lowest BCUT2D eigenvalue weighted by Crippen LogP contribution is -2.44. The number of nitrogens with zero attached hydrogens (tertiary/aromatic N) is 3. The highest BCUT2D eigenvalue weighted by molar-refractivity contribution is 5.89. The van der Waals surface area contributed by atoms with Gasteiger partial charge in [0.1, 0.15) is 0 Å². The van der Waals surface area contributed by atoms with Crippen molar-refractivity contribution in [3.63, 3.8) is 0 Å². The lowest BCUT2D eigenvalue weighted by Gasteiger charge is -2.30. The van der Waals surface area contributed by atoms with Crippen LogP contribution in [0.25, 0.3) is 5.82 Å². The molecule has 3 heterocycles. The van der Waals surface area contributed by atoms with E-state index in [4.69, 9.17) is 4.74 Å². The fourth-order valence-electron chi connectivity index (χ4n) is 3.11. The first-order chi connectivity index (χ1) is 11.8. The van der Waals surface area contributed by atoms with E-state index in [0.717, 1.165) is 19.4 Å². The molecule has 0 spiro atoms. The molecule has 24 heavy (non-hydrogen) atoms. The molecule has 4 rings (SSSR count). The maximum absolute atomic E-state index is 12.2. The van der Waals surface area contributed by atoms with E-state index in [-0.39, 0.29) is 12.1 Å². The predicted molar refractivity (Wildman–Crippen MR) is 89.0 cm³/mol. The molecule has 1 aliphatic heterocycles. The summed E-state index contributed by atoms with van der Waals surface area (Å²) in [4.78, 5) is 16.4. The molecule has 1 saturated heterocycles. The summed E-state index contributed by atoms with van der Waals surface area (Å²) in [5.74, 6) is 1.41.